The van der Waals surface area contributed by atoms with Gasteiger partial charge in [0, 0.05) is 19.4 Å². The van der Waals surface area contributed by atoms with Crippen LogP contribution in [0.2, 0.25) is 0 Å². The molecular weight excluding hydrogens is 247 g/mol. The van der Waals surface area contributed by atoms with Gasteiger partial charge in [-0.15, -0.1) is 0 Å². The molecule has 6 heteroatoms. The molecule has 0 saturated carbocycles. The van der Waals surface area contributed by atoms with Gasteiger partial charge in [-0.3, -0.25) is 4.79 Å². The third kappa shape index (κ3) is 2.08. The highest BCUT2D eigenvalue weighted by atomic mass is 19.4. The number of nitrogens with zero attached hydrogens (tertiary/aromatic N) is 1. The molecule has 1 atom stereocenters. The summed E-state index contributed by atoms with van der Waals surface area (Å²) in [7, 11) is 0. The maximum Gasteiger partial charge on any atom is 0.436 e. The summed E-state index contributed by atoms with van der Waals surface area (Å²) in [4.78, 5) is 12.0. The van der Waals surface area contributed by atoms with Crippen molar-refractivity contribution in [3.8, 4) is 0 Å². The Labute approximate surface area is 102 Å². The van der Waals surface area contributed by atoms with Gasteiger partial charge in [-0.05, 0) is 5.56 Å². The molecule has 0 bridgehead atoms. The van der Waals surface area contributed by atoms with Crippen LogP contribution in [0.1, 0.15) is 18.4 Å². The van der Waals surface area contributed by atoms with E-state index >= 15 is 0 Å². The second-order valence-electron chi connectivity index (χ2n) is 4.28. The minimum atomic E-state index is -4.84. The second kappa shape index (κ2) is 4.28. The van der Waals surface area contributed by atoms with Crippen LogP contribution in [-0.4, -0.2) is 27.8 Å². The predicted molar refractivity (Wildman–Crippen MR) is 57.2 cm³/mol. The monoisotopic (exact) mass is 259 g/mol. The highest BCUT2D eigenvalue weighted by Gasteiger charge is 2.62. The highest BCUT2D eigenvalue weighted by Crippen LogP contribution is 2.42. The minimum absolute atomic E-state index is 0.240. The number of aliphatic hydroxyl groups is 1. The molecule has 1 fully saturated rings. The molecule has 0 radical (unpaired) electrons. The van der Waals surface area contributed by atoms with Gasteiger partial charge in [0.05, 0.1) is 0 Å². The van der Waals surface area contributed by atoms with Crippen molar-refractivity contribution >= 4 is 5.91 Å². The number of rotatable bonds is 2. The fourth-order valence-corrected chi connectivity index (χ4v) is 2.04. The van der Waals surface area contributed by atoms with E-state index < -0.39 is 24.2 Å². The summed E-state index contributed by atoms with van der Waals surface area (Å²) in [6, 6.07) is 8.29. The maximum absolute atomic E-state index is 12.8. The minimum Gasteiger partial charge on any atom is -0.363 e. The van der Waals surface area contributed by atoms with E-state index in [9.17, 15) is 23.1 Å². The highest BCUT2D eigenvalue weighted by molar-refractivity contribution is 5.79. The Morgan fingerprint density at radius 1 is 1.28 bits per heavy atom. The predicted octanol–water partition coefficient (Wildman–Crippen LogP) is 2.06. The third-order valence-electron chi connectivity index (χ3n) is 3.07. The Balaban J connectivity index is 2.27. The number of hydrogen-bond donors (Lipinski definition) is 1. The topological polar surface area (TPSA) is 40.5 Å². The summed E-state index contributed by atoms with van der Waals surface area (Å²) in [5, 5.41) is 9.70. The van der Waals surface area contributed by atoms with E-state index in [0.717, 1.165) is 0 Å². The number of carbonyl (C=O) groups is 1. The zero-order valence-corrected chi connectivity index (χ0v) is 9.44. The van der Waals surface area contributed by atoms with Crippen LogP contribution >= 0.6 is 0 Å². The molecule has 1 heterocycles. The summed E-state index contributed by atoms with van der Waals surface area (Å²) in [6.45, 7) is -0.240. The van der Waals surface area contributed by atoms with Crippen molar-refractivity contribution in [1.82, 2.24) is 4.90 Å². The van der Waals surface area contributed by atoms with E-state index in [-0.39, 0.29) is 13.0 Å². The number of likely N-dealkylation sites (tertiary alicyclic amines) is 1. The number of halogens is 3. The van der Waals surface area contributed by atoms with Crippen LogP contribution < -0.4 is 0 Å². The van der Waals surface area contributed by atoms with Crippen LogP contribution in [0.4, 0.5) is 13.2 Å². The molecule has 1 unspecified atom stereocenters. The lowest BCUT2D eigenvalue weighted by molar-refractivity contribution is -0.303. The normalized spacial score (nSPS) is 24.7. The molecule has 1 aromatic rings. The second-order valence-corrected chi connectivity index (χ2v) is 4.28. The molecule has 18 heavy (non-hydrogen) atoms. The third-order valence-corrected chi connectivity index (χ3v) is 3.07. The van der Waals surface area contributed by atoms with Crippen LogP contribution in [-0.2, 0) is 11.3 Å². The molecule has 3 nitrogen and oxygen atoms in total. The van der Waals surface area contributed by atoms with Gasteiger partial charge in [-0.2, -0.15) is 13.2 Å². The first-order valence-corrected chi connectivity index (χ1v) is 5.48. The van der Waals surface area contributed by atoms with E-state index in [4.69, 9.17) is 0 Å². The standard InChI is InChI=1S/C12H12F3NO2/c13-12(14,15)11(18)7-6-10(17)16(11)8-9-4-2-1-3-5-9/h1-5,18H,6-8H2. The SMILES string of the molecule is O=C1CCC(O)(C(F)(F)F)N1Cc1ccccc1. The number of alkyl halides is 3. The molecule has 98 valence electrons. The largest absolute Gasteiger partial charge is 0.436 e. The Morgan fingerprint density at radius 3 is 2.44 bits per heavy atom. The summed E-state index contributed by atoms with van der Waals surface area (Å²) in [6.07, 6.45) is -5.74. The van der Waals surface area contributed by atoms with E-state index in [1.54, 1.807) is 30.3 Å². The summed E-state index contributed by atoms with van der Waals surface area (Å²) in [5.74, 6) is -0.682. The summed E-state index contributed by atoms with van der Waals surface area (Å²) in [5.41, 5.74) is -2.49. The van der Waals surface area contributed by atoms with Crippen molar-refractivity contribution in [1.29, 1.82) is 0 Å². The van der Waals surface area contributed by atoms with Gasteiger partial charge in [-0.25, -0.2) is 0 Å². The lowest BCUT2D eigenvalue weighted by Crippen LogP contribution is -2.55. The molecule has 1 aromatic carbocycles. The molecule has 1 N–H and O–H groups in total. The van der Waals surface area contributed by atoms with Crippen LogP contribution in [0.3, 0.4) is 0 Å². The lowest BCUT2D eigenvalue weighted by Gasteiger charge is -2.35. The first-order chi connectivity index (χ1) is 8.34. The first kappa shape index (κ1) is 12.9. The number of amides is 1. The molecule has 1 saturated heterocycles. The molecule has 0 aliphatic carbocycles. The van der Waals surface area contributed by atoms with Crippen molar-refractivity contribution in [2.24, 2.45) is 0 Å². The van der Waals surface area contributed by atoms with Crippen LogP contribution in [0, 0.1) is 0 Å². The molecule has 2 rings (SSSR count). The van der Waals surface area contributed by atoms with E-state index in [2.05, 4.69) is 0 Å². The van der Waals surface area contributed by atoms with Crippen molar-refractivity contribution in [2.45, 2.75) is 31.3 Å². The zero-order chi connectivity index (χ0) is 13.4. The Hall–Kier alpha value is -1.56. The molecule has 1 aliphatic rings. The number of benzene rings is 1. The maximum atomic E-state index is 12.8. The quantitative estimate of drug-likeness (QED) is 0.883. The van der Waals surface area contributed by atoms with Gasteiger partial charge in [-0.1, -0.05) is 30.3 Å². The zero-order valence-electron chi connectivity index (χ0n) is 9.44. The number of carbonyl (C=O) groups excluding carboxylic acids is 1. The molecular formula is C12H12F3NO2. The molecule has 0 aromatic heterocycles. The average Bonchev–Trinajstić information content (AvgIpc) is 2.59. The van der Waals surface area contributed by atoms with E-state index in [0.29, 0.717) is 10.5 Å². The fourth-order valence-electron chi connectivity index (χ4n) is 2.04. The van der Waals surface area contributed by atoms with E-state index in [1.165, 1.54) is 0 Å². The summed E-state index contributed by atoms with van der Waals surface area (Å²) < 4.78 is 38.5. The van der Waals surface area contributed by atoms with Gasteiger partial charge in [0.15, 0.2) is 0 Å². The lowest BCUT2D eigenvalue weighted by atomic mass is 10.1. The van der Waals surface area contributed by atoms with Gasteiger partial charge in [0.2, 0.25) is 11.6 Å². The van der Waals surface area contributed by atoms with Gasteiger partial charge in [0.25, 0.3) is 0 Å². The molecule has 1 amide bonds. The van der Waals surface area contributed by atoms with Crippen LogP contribution in [0.15, 0.2) is 30.3 Å². The van der Waals surface area contributed by atoms with E-state index in [1.807, 2.05) is 0 Å². The van der Waals surface area contributed by atoms with Crippen molar-refractivity contribution < 1.29 is 23.1 Å². The Bertz CT molecular complexity index is 446. The van der Waals surface area contributed by atoms with Crippen molar-refractivity contribution in [3.63, 3.8) is 0 Å². The van der Waals surface area contributed by atoms with Gasteiger partial charge < -0.3 is 10.0 Å². The summed E-state index contributed by atoms with van der Waals surface area (Å²) >= 11 is 0. The van der Waals surface area contributed by atoms with Crippen LogP contribution in [0.5, 0.6) is 0 Å². The fraction of sp³-hybridized carbons (Fsp3) is 0.417. The van der Waals surface area contributed by atoms with Crippen molar-refractivity contribution in [3.05, 3.63) is 35.9 Å². The van der Waals surface area contributed by atoms with Crippen LogP contribution in [0.25, 0.3) is 0 Å². The van der Waals surface area contributed by atoms with Crippen molar-refractivity contribution in [2.75, 3.05) is 0 Å². The molecule has 0 spiro atoms. The first-order valence-electron chi connectivity index (χ1n) is 5.48. The Morgan fingerprint density at radius 2 is 1.89 bits per heavy atom. The Kier molecular flexibility index (Phi) is 3.06. The smallest absolute Gasteiger partial charge is 0.363 e. The van der Waals surface area contributed by atoms with Gasteiger partial charge >= 0.3 is 6.18 Å². The number of hydrogen-bond acceptors (Lipinski definition) is 2. The van der Waals surface area contributed by atoms with Gasteiger partial charge in [0.1, 0.15) is 0 Å². The molecule has 1 aliphatic heterocycles. The average molecular weight is 259 g/mol.